The van der Waals surface area contributed by atoms with Gasteiger partial charge in [-0.15, -0.1) is 0 Å². The molecule has 4 aromatic rings. The Labute approximate surface area is 236 Å². The number of halogens is 1. The topological polar surface area (TPSA) is 112 Å². The predicted molar refractivity (Wildman–Crippen MR) is 150 cm³/mol. The van der Waals surface area contributed by atoms with Crippen LogP contribution in [0.4, 0.5) is 10.6 Å². The van der Waals surface area contributed by atoms with Crippen LogP contribution in [0.5, 0.6) is 0 Å². The molecule has 0 N–H and O–H groups in total. The fourth-order valence-electron chi connectivity index (χ4n) is 3.82. The van der Waals surface area contributed by atoms with E-state index < -0.39 is 23.4 Å². The third kappa shape index (κ3) is 6.55. The van der Waals surface area contributed by atoms with Crippen molar-refractivity contribution in [2.75, 3.05) is 11.9 Å². The number of rotatable bonds is 7. The lowest BCUT2D eigenvalue weighted by molar-refractivity contribution is 0.0437. The molecule has 0 radical (unpaired) electrons. The summed E-state index contributed by atoms with van der Waals surface area (Å²) in [6, 6.07) is 18.2. The lowest BCUT2D eigenvalue weighted by Crippen LogP contribution is -2.34. The number of nitrogens with zero attached hydrogens (tertiary/aromatic N) is 3. The summed E-state index contributed by atoms with van der Waals surface area (Å²) in [4.78, 5) is 44.8. The molecule has 0 bridgehead atoms. The first kappa shape index (κ1) is 28.5. The molecule has 0 spiro atoms. The molecule has 40 heavy (non-hydrogen) atoms. The highest BCUT2D eigenvalue weighted by molar-refractivity contribution is 6.30. The summed E-state index contributed by atoms with van der Waals surface area (Å²) in [6.45, 7) is 6.75. The molecule has 2 aromatic heterocycles. The van der Waals surface area contributed by atoms with E-state index in [4.69, 9.17) is 25.6 Å². The summed E-state index contributed by atoms with van der Waals surface area (Å²) in [5, 5.41) is 4.52. The van der Waals surface area contributed by atoms with Crippen LogP contribution in [-0.2, 0) is 16.1 Å². The number of pyridine rings is 1. The number of anilines is 1. The van der Waals surface area contributed by atoms with E-state index in [0.717, 1.165) is 0 Å². The van der Waals surface area contributed by atoms with Gasteiger partial charge in [0.25, 0.3) is 0 Å². The number of hydrogen-bond donors (Lipinski definition) is 0. The molecule has 9 nitrogen and oxygen atoms in total. The number of amides is 1. The Bertz CT molecular complexity index is 1540. The maximum Gasteiger partial charge on any atom is 0.415 e. The summed E-state index contributed by atoms with van der Waals surface area (Å²) in [5.41, 5.74) is 1.35. The zero-order chi connectivity index (χ0) is 29.0. The molecule has 0 atom stereocenters. The smallest absolute Gasteiger partial charge is 0.415 e. The number of carbonyl (C=O) groups excluding carboxylic acids is 3. The van der Waals surface area contributed by atoms with Crippen LogP contribution in [0.25, 0.3) is 11.1 Å². The number of carbonyl (C=O) groups is 3. The maximum atomic E-state index is 13.7. The largest absolute Gasteiger partial charge is 0.454 e. The van der Waals surface area contributed by atoms with E-state index in [0.29, 0.717) is 33.0 Å². The first-order valence-electron chi connectivity index (χ1n) is 12.4. The second kappa shape index (κ2) is 11.7. The van der Waals surface area contributed by atoms with Crippen molar-refractivity contribution in [2.45, 2.75) is 39.9 Å². The molecule has 0 aliphatic heterocycles. The van der Waals surface area contributed by atoms with Crippen LogP contribution in [0.15, 0.2) is 71.3 Å². The third-order valence-electron chi connectivity index (χ3n) is 5.76. The summed E-state index contributed by atoms with van der Waals surface area (Å²) in [6.07, 6.45) is -0.632. The van der Waals surface area contributed by atoms with E-state index in [-0.39, 0.29) is 23.9 Å². The van der Waals surface area contributed by atoms with Gasteiger partial charge in [0.2, 0.25) is 5.78 Å². The lowest BCUT2D eigenvalue weighted by Gasteiger charge is -2.24. The zero-order valence-corrected chi connectivity index (χ0v) is 23.5. The van der Waals surface area contributed by atoms with Crippen LogP contribution >= 0.6 is 11.6 Å². The van der Waals surface area contributed by atoms with Crippen molar-refractivity contribution in [3.8, 4) is 11.1 Å². The van der Waals surface area contributed by atoms with E-state index in [1.807, 2.05) is 0 Å². The Hall–Kier alpha value is -4.50. The minimum Gasteiger partial charge on any atom is -0.454 e. The number of ether oxygens (including phenoxy) is 2. The number of aromatic nitrogens is 2. The number of hydrogen-bond acceptors (Lipinski definition) is 8. The van der Waals surface area contributed by atoms with E-state index in [1.54, 1.807) is 94.4 Å². The number of ketones is 1. The molecule has 2 heterocycles. The summed E-state index contributed by atoms with van der Waals surface area (Å²) in [5.74, 6) is -0.520. The van der Waals surface area contributed by atoms with Gasteiger partial charge in [0, 0.05) is 23.2 Å². The zero-order valence-electron chi connectivity index (χ0n) is 22.7. The third-order valence-corrected chi connectivity index (χ3v) is 6.01. The van der Waals surface area contributed by atoms with Crippen LogP contribution in [0, 0.1) is 6.92 Å². The summed E-state index contributed by atoms with van der Waals surface area (Å²) in [7, 11) is 1.51. The van der Waals surface area contributed by atoms with Crippen molar-refractivity contribution in [1.29, 1.82) is 0 Å². The van der Waals surface area contributed by atoms with Gasteiger partial charge < -0.3 is 14.0 Å². The number of benzene rings is 2. The van der Waals surface area contributed by atoms with Crippen molar-refractivity contribution >= 4 is 35.3 Å². The molecular formula is C30H28ClN3O6. The van der Waals surface area contributed by atoms with Crippen molar-refractivity contribution in [3.63, 3.8) is 0 Å². The first-order chi connectivity index (χ1) is 18.9. The molecule has 206 valence electrons. The van der Waals surface area contributed by atoms with Crippen molar-refractivity contribution in [1.82, 2.24) is 10.1 Å². The Kier molecular flexibility index (Phi) is 8.35. The van der Waals surface area contributed by atoms with Crippen molar-refractivity contribution < 1.29 is 28.4 Å². The SMILES string of the molecule is Cc1noc(COC(=O)c2ccccc2)c1-c1ccc(N(C)C(=O)OC(C)(C)C)nc1C(=O)c1ccc(Cl)cc1. The van der Waals surface area contributed by atoms with Gasteiger partial charge in [-0.3, -0.25) is 9.69 Å². The fourth-order valence-corrected chi connectivity index (χ4v) is 3.95. The van der Waals surface area contributed by atoms with E-state index >= 15 is 0 Å². The molecule has 10 heteroatoms. The van der Waals surface area contributed by atoms with E-state index in [9.17, 15) is 14.4 Å². The van der Waals surface area contributed by atoms with Gasteiger partial charge in [0.05, 0.1) is 16.8 Å². The fraction of sp³-hybridized carbons (Fsp3) is 0.233. The van der Waals surface area contributed by atoms with Gasteiger partial charge >= 0.3 is 12.1 Å². The molecule has 0 aliphatic carbocycles. The normalized spacial score (nSPS) is 11.2. The average Bonchev–Trinajstić information content (AvgIpc) is 3.30. The van der Waals surface area contributed by atoms with Gasteiger partial charge in [-0.25, -0.2) is 14.6 Å². The molecule has 0 saturated carbocycles. The minimum atomic E-state index is -0.723. The van der Waals surface area contributed by atoms with Crippen molar-refractivity contribution in [3.05, 3.63) is 100 Å². The Balaban J connectivity index is 1.75. The van der Waals surface area contributed by atoms with Gasteiger partial charge in [-0.1, -0.05) is 35.0 Å². The van der Waals surface area contributed by atoms with Crippen LogP contribution in [0.3, 0.4) is 0 Å². The summed E-state index contributed by atoms with van der Waals surface area (Å²) < 4.78 is 16.4. The molecule has 0 saturated heterocycles. The van der Waals surface area contributed by atoms with Gasteiger partial charge in [0.1, 0.15) is 17.1 Å². The quantitative estimate of drug-likeness (QED) is 0.182. The number of esters is 1. The molecule has 0 aliphatic rings. The molecule has 4 rings (SSSR count). The second-order valence-electron chi connectivity index (χ2n) is 9.95. The molecular weight excluding hydrogens is 534 g/mol. The van der Waals surface area contributed by atoms with Crippen LogP contribution in [0.1, 0.15) is 58.6 Å². The standard InChI is InChI=1S/C30H28ClN3O6/c1-18-25(23(40-33-18)17-38-28(36)20-9-7-6-8-10-20)22-15-16-24(34(5)29(37)39-30(2,3)4)32-26(22)27(35)19-11-13-21(31)14-12-19/h6-16H,17H2,1-5H3. The second-order valence-corrected chi connectivity index (χ2v) is 10.4. The minimum absolute atomic E-state index is 0.0390. The number of aryl methyl sites for hydroxylation is 1. The van der Waals surface area contributed by atoms with Crippen molar-refractivity contribution in [2.24, 2.45) is 0 Å². The molecule has 0 fully saturated rings. The average molecular weight is 562 g/mol. The van der Waals surface area contributed by atoms with E-state index in [2.05, 4.69) is 10.1 Å². The highest BCUT2D eigenvalue weighted by Crippen LogP contribution is 2.33. The van der Waals surface area contributed by atoms with Gasteiger partial charge in [0.15, 0.2) is 12.4 Å². The van der Waals surface area contributed by atoms with E-state index in [1.165, 1.54) is 11.9 Å². The Morgan fingerprint density at radius 2 is 1.62 bits per heavy atom. The molecule has 1 amide bonds. The Morgan fingerprint density at radius 1 is 0.950 bits per heavy atom. The van der Waals surface area contributed by atoms with Crippen LogP contribution in [0.2, 0.25) is 5.02 Å². The lowest BCUT2D eigenvalue weighted by atomic mass is 9.97. The highest BCUT2D eigenvalue weighted by atomic mass is 35.5. The highest BCUT2D eigenvalue weighted by Gasteiger charge is 2.27. The molecule has 0 unspecified atom stereocenters. The summed E-state index contributed by atoms with van der Waals surface area (Å²) >= 11 is 6.03. The first-order valence-corrected chi connectivity index (χ1v) is 12.8. The Morgan fingerprint density at radius 3 is 2.27 bits per heavy atom. The maximum absolute atomic E-state index is 13.7. The van der Waals surface area contributed by atoms with Gasteiger partial charge in [-0.2, -0.15) is 0 Å². The molecule has 2 aromatic carbocycles. The van der Waals surface area contributed by atoms with Gasteiger partial charge in [-0.05, 0) is 76.2 Å². The predicted octanol–water partition coefficient (Wildman–Crippen LogP) is 6.66. The van der Waals surface area contributed by atoms with Crippen LogP contribution < -0.4 is 4.90 Å². The monoisotopic (exact) mass is 561 g/mol. The van der Waals surface area contributed by atoms with Crippen LogP contribution in [-0.4, -0.2) is 40.6 Å².